The van der Waals surface area contributed by atoms with Gasteiger partial charge in [-0.05, 0) is 12.0 Å². The van der Waals surface area contributed by atoms with Crippen molar-refractivity contribution < 1.29 is 19.4 Å². The van der Waals surface area contributed by atoms with E-state index in [-0.39, 0.29) is 6.42 Å². The summed E-state index contributed by atoms with van der Waals surface area (Å²) in [6.45, 7) is -0.583. The monoisotopic (exact) mass is 252 g/mol. The Morgan fingerprint density at radius 1 is 1.11 bits per heavy atom. The molecular weight excluding hydrogens is 236 g/mol. The maximum absolute atomic E-state index is 11.5. The lowest BCUT2D eigenvalue weighted by atomic mass is 10.1. The molecule has 0 aromatic heterocycles. The third kappa shape index (κ3) is 4.25. The molecule has 2 atom stereocenters. The van der Waals surface area contributed by atoms with E-state index in [0.717, 1.165) is 5.56 Å². The number of esters is 2. The quantitative estimate of drug-likeness (QED) is 0.454. The first-order chi connectivity index (χ1) is 8.54. The maximum Gasteiger partial charge on any atom is 0.332 e. The molecule has 0 saturated carbocycles. The molecule has 98 valence electrons. The van der Waals surface area contributed by atoms with E-state index in [9.17, 15) is 9.59 Å². The van der Waals surface area contributed by atoms with Crippen LogP contribution in [0.3, 0.4) is 0 Å². The highest BCUT2D eigenvalue weighted by atomic mass is 16.6. The van der Waals surface area contributed by atoms with Gasteiger partial charge < -0.3 is 21.3 Å². The highest BCUT2D eigenvalue weighted by Crippen LogP contribution is 2.03. The normalized spacial score (nSPS) is 13.7. The SMILES string of the molecule is NC(CO)C(=O)OC(=O)C(N)Cc1ccccc1. The zero-order chi connectivity index (χ0) is 13.5. The van der Waals surface area contributed by atoms with Gasteiger partial charge in [-0.25, -0.2) is 9.59 Å². The number of benzene rings is 1. The van der Waals surface area contributed by atoms with Gasteiger partial charge >= 0.3 is 11.9 Å². The van der Waals surface area contributed by atoms with E-state index in [0.29, 0.717) is 0 Å². The summed E-state index contributed by atoms with van der Waals surface area (Å²) in [5, 5.41) is 8.62. The highest BCUT2D eigenvalue weighted by molar-refractivity contribution is 5.90. The summed E-state index contributed by atoms with van der Waals surface area (Å²) < 4.78 is 4.45. The molecule has 0 radical (unpaired) electrons. The van der Waals surface area contributed by atoms with Crippen molar-refractivity contribution in [1.82, 2.24) is 0 Å². The molecule has 0 aliphatic rings. The molecule has 18 heavy (non-hydrogen) atoms. The van der Waals surface area contributed by atoms with E-state index in [4.69, 9.17) is 16.6 Å². The molecule has 0 spiro atoms. The van der Waals surface area contributed by atoms with Crippen molar-refractivity contribution >= 4 is 11.9 Å². The summed E-state index contributed by atoms with van der Waals surface area (Å²) in [6, 6.07) is 6.94. The van der Waals surface area contributed by atoms with Gasteiger partial charge in [0.1, 0.15) is 12.1 Å². The predicted octanol–water partition coefficient (Wildman–Crippen LogP) is -1.05. The molecule has 6 nitrogen and oxygen atoms in total. The lowest BCUT2D eigenvalue weighted by Crippen LogP contribution is -2.42. The Labute approximate surface area is 105 Å². The number of carbonyl (C=O) groups excluding carboxylic acids is 2. The third-order valence-electron chi connectivity index (χ3n) is 2.30. The summed E-state index contributed by atoms with van der Waals surface area (Å²) in [4.78, 5) is 22.6. The first kappa shape index (κ1) is 14.3. The number of hydrogen-bond acceptors (Lipinski definition) is 6. The average Bonchev–Trinajstić information content (AvgIpc) is 2.38. The van der Waals surface area contributed by atoms with E-state index in [1.54, 1.807) is 0 Å². The molecule has 1 aromatic rings. The number of nitrogens with two attached hydrogens (primary N) is 2. The summed E-state index contributed by atoms with van der Waals surface area (Å²) in [6.07, 6.45) is 0.265. The number of ether oxygens (including phenoxy) is 1. The fraction of sp³-hybridized carbons (Fsp3) is 0.333. The van der Waals surface area contributed by atoms with Crippen LogP contribution in [0.25, 0.3) is 0 Å². The van der Waals surface area contributed by atoms with E-state index < -0.39 is 30.6 Å². The van der Waals surface area contributed by atoms with Crippen molar-refractivity contribution in [2.24, 2.45) is 11.5 Å². The average molecular weight is 252 g/mol. The lowest BCUT2D eigenvalue weighted by molar-refractivity contribution is -0.162. The van der Waals surface area contributed by atoms with Crippen LogP contribution in [0.4, 0.5) is 0 Å². The van der Waals surface area contributed by atoms with Crippen LogP contribution >= 0.6 is 0 Å². The number of rotatable bonds is 5. The molecule has 0 amide bonds. The zero-order valence-electron chi connectivity index (χ0n) is 9.78. The third-order valence-corrected chi connectivity index (χ3v) is 2.30. The van der Waals surface area contributed by atoms with Crippen LogP contribution in [0.5, 0.6) is 0 Å². The molecule has 1 rings (SSSR count). The van der Waals surface area contributed by atoms with Gasteiger partial charge in [0.15, 0.2) is 0 Å². The lowest BCUT2D eigenvalue weighted by Gasteiger charge is -2.12. The van der Waals surface area contributed by atoms with Crippen LogP contribution in [0, 0.1) is 0 Å². The summed E-state index contributed by atoms with van der Waals surface area (Å²) in [5.41, 5.74) is 11.7. The van der Waals surface area contributed by atoms with E-state index in [2.05, 4.69) is 4.74 Å². The number of carbonyl (C=O) groups is 2. The first-order valence-corrected chi connectivity index (χ1v) is 5.46. The van der Waals surface area contributed by atoms with Gasteiger partial charge in [-0.3, -0.25) is 0 Å². The minimum atomic E-state index is -1.22. The Kier molecular flexibility index (Phi) is 5.44. The Morgan fingerprint density at radius 2 is 1.67 bits per heavy atom. The smallest absolute Gasteiger partial charge is 0.332 e. The second-order valence-electron chi connectivity index (χ2n) is 3.83. The second kappa shape index (κ2) is 6.85. The van der Waals surface area contributed by atoms with Crippen molar-refractivity contribution in [3.8, 4) is 0 Å². The zero-order valence-corrected chi connectivity index (χ0v) is 9.78. The highest BCUT2D eigenvalue weighted by Gasteiger charge is 2.22. The Balaban J connectivity index is 2.50. The van der Waals surface area contributed by atoms with Crippen molar-refractivity contribution in [2.75, 3.05) is 6.61 Å². The molecule has 0 fully saturated rings. The molecule has 0 heterocycles. The molecule has 5 N–H and O–H groups in total. The fourth-order valence-corrected chi connectivity index (χ4v) is 1.28. The standard InChI is InChI=1S/C12H16N2O4/c13-9(6-8-4-2-1-3-5-8)11(16)18-12(17)10(14)7-15/h1-5,9-10,15H,6-7,13-14H2. The van der Waals surface area contributed by atoms with Gasteiger partial charge in [0, 0.05) is 0 Å². The minimum Gasteiger partial charge on any atom is -0.394 e. The molecule has 0 bridgehead atoms. The number of aliphatic hydroxyl groups is 1. The predicted molar refractivity (Wildman–Crippen MR) is 64.3 cm³/mol. The molecule has 0 aliphatic heterocycles. The second-order valence-corrected chi connectivity index (χ2v) is 3.83. The minimum absolute atomic E-state index is 0.265. The van der Waals surface area contributed by atoms with Gasteiger partial charge in [0.2, 0.25) is 0 Å². The van der Waals surface area contributed by atoms with Crippen LogP contribution < -0.4 is 11.5 Å². The van der Waals surface area contributed by atoms with Gasteiger partial charge in [0.05, 0.1) is 6.61 Å². The Morgan fingerprint density at radius 3 is 2.22 bits per heavy atom. The molecular formula is C12H16N2O4. The van der Waals surface area contributed by atoms with Crippen LogP contribution in [0.1, 0.15) is 5.56 Å². The molecule has 0 aliphatic carbocycles. The number of hydrogen-bond donors (Lipinski definition) is 3. The molecule has 6 heteroatoms. The number of aliphatic hydroxyl groups excluding tert-OH is 1. The van der Waals surface area contributed by atoms with Crippen LogP contribution in [0.15, 0.2) is 30.3 Å². The topological polar surface area (TPSA) is 116 Å². The summed E-state index contributed by atoms with van der Waals surface area (Å²) >= 11 is 0. The molecule has 1 aromatic carbocycles. The largest absolute Gasteiger partial charge is 0.394 e. The van der Waals surface area contributed by atoms with Gasteiger partial charge in [-0.2, -0.15) is 0 Å². The van der Waals surface area contributed by atoms with Crippen molar-refractivity contribution in [3.05, 3.63) is 35.9 Å². The van der Waals surface area contributed by atoms with Crippen LogP contribution in [-0.2, 0) is 20.7 Å². The van der Waals surface area contributed by atoms with Crippen molar-refractivity contribution in [1.29, 1.82) is 0 Å². The van der Waals surface area contributed by atoms with Crippen molar-refractivity contribution in [3.63, 3.8) is 0 Å². The summed E-state index contributed by atoms with van der Waals surface area (Å²) in [7, 11) is 0. The van der Waals surface area contributed by atoms with Crippen molar-refractivity contribution in [2.45, 2.75) is 18.5 Å². The van der Waals surface area contributed by atoms with Crippen LogP contribution in [0.2, 0.25) is 0 Å². The van der Waals surface area contributed by atoms with Gasteiger partial charge in [0.25, 0.3) is 0 Å². The van der Waals surface area contributed by atoms with E-state index in [1.165, 1.54) is 0 Å². The van der Waals surface area contributed by atoms with Gasteiger partial charge in [-0.1, -0.05) is 30.3 Å². The maximum atomic E-state index is 11.5. The summed E-state index contributed by atoms with van der Waals surface area (Å²) in [5.74, 6) is -1.83. The Hall–Kier alpha value is -1.76. The Bertz CT molecular complexity index is 408. The first-order valence-electron chi connectivity index (χ1n) is 5.46. The fourth-order valence-electron chi connectivity index (χ4n) is 1.28. The van der Waals surface area contributed by atoms with Crippen LogP contribution in [-0.4, -0.2) is 35.7 Å². The molecule has 2 unspecified atom stereocenters. The van der Waals surface area contributed by atoms with E-state index in [1.807, 2.05) is 30.3 Å². The molecule has 0 saturated heterocycles. The van der Waals surface area contributed by atoms with Gasteiger partial charge in [-0.15, -0.1) is 0 Å². The van der Waals surface area contributed by atoms with E-state index >= 15 is 0 Å².